The fourth-order valence-electron chi connectivity index (χ4n) is 3.26. The molecule has 1 aromatic rings. The van der Waals surface area contributed by atoms with Gasteiger partial charge in [0.2, 0.25) is 5.91 Å². The van der Waals surface area contributed by atoms with Gasteiger partial charge in [0.25, 0.3) is 0 Å². The first-order valence-electron chi connectivity index (χ1n) is 8.93. The normalized spacial score (nSPS) is 20.2. The van der Waals surface area contributed by atoms with Crippen molar-refractivity contribution < 1.29 is 14.3 Å². The van der Waals surface area contributed by atoms with Crippen molar-refractivity contribution in [1.82, 2.24) is 15.1 Å². The number of ether oxygens (including phenoxy) is 2. The first-order valence-corrected chi connectivity index (χ1v) is 8.93. The van der Waals surface area contributed by atoms with Crippen molar-refractivity contribution in [1.29, 1.82) is 0 Å². The van der Waals surface area contributed by atoms with Crippen LogP contribution in [-0.2, 0) is 16.1 Å². The quantitative estimate of drug-likeness (QED) is 0.768. The molecule has 6 nitrogen and oxygen atoms in total. The molecule has 0 aliphatic carbocycles. The van der Waals surface area contributed by atoms with E-state index in [0.717, 1.165) is 44.1 Å². The zero-order chi connectivity index (χ0) is 18.2. The zero-order valence-electron chi connectivity index (χ0n) is 15.8. The molecule has 1 fully saturated rings. The summed E-state index contributed by atoms with van der Waals surface area (Å²) >= 11 is 0. The summed E-state index contributed by atoms with van der Waals surface area (Å²) in [6, 6.07) is 8.05. The maximum absolute atomic E-state index is 12.5. The molecule has 0 spiro atoms. The Kier molecular flexibility index (Phi) is 7.68. The molecule has 1 aliphatic rings. The number of rotatable bonds is 8. The predicted molar refractivity (Wildman–Crippen MR) is 98.8 cm³/mol. The molecule has 2 rings (SSSR count). The Morgan fingerprint density at radius 2 is 2.08 bits per heavy atom. The number of carbonyl (C=O) groups excluding carboxylic acids is 1. The van der Waals surface area contributed by atoms with Crippen LogP contribution in [0.25, 0.3) is 0 Å². The van der Waals surface area contributed by atoms with E-state index in [9.17, 15) is 4.79 Å². The fraction of sp³-hybridized carbons (Fsp3) is 0.632. The average molecular weight is 349 g/mol. The maximum Gasteiger partial charge on any atom is 0.237 e. The van der Waals surface area contributed by atoms with Crippen LogP contribution in [0.5, 0.6) is 5.75 Å². The van der Waals surface area contributed by atoms with Crippen molar-refractivity contribution in [3.05, 3.63) is 29.8 Å². The molecule has 6 heteroatoms. The monoisotopic (exact) mass is 349 g/mol. The lowest BCUT2D eigenvalue weighted by molar-refractivity contribution is -0.127. The Bertz CT molecular complexity index is 552. The van der Waals surface area contributed by atoms with Gasteiger partial charge in [-0.2, -0.15) is 0 Å². The SMILES string of the molecule is COCCN1CCN([C@@H](C)C(=O)NCc2ccccc2OC)C[C@@H]1C. The summed E-state index contributed by atoms with van der Waals surface area (Å²) in [5.41, 5.74) is 0.989. The zero-order valence-corrected chi connectivity index (χ0v) is 15.8. The third kappa shape index (κ3) is 5.42. The van der Waals surface area contributed by atoms with E-state index in [1.54, 1.807) is 14.2 Å². The lowest BCUT2D eigenvalue weighted by Crippen LogP contribution is -2.57. The summed E-state index contributed by atoms with van der Waals surface area (Å²) < 4.78 is 10.5. The van der Waals surface area contributed by atoms with Gasteiger partial charge in [-0.15, -0.1) is 0 Å². The highest BCUT2D eigenvalue weighted by molar-refractivity contribution is 5.81. The van der Waals surface area contributed by atoms with Crippen molar-refractivity contribution in [2.75, 3.05) is 47.0 Å². The lowest BCUT2D eigenvalue weighted by Gasteiger charge is -2.41. The minimum atomic E-state index is -0.137. The number of piperazine rings is 1. The Hall–Kier alpha value is -1.63. The second-order valence-electron chi connectivity index (χ2n) is 6.58. The number of para-hydroxylation sites is 1. The van der Waals surface area contributed by atoms with Crippen LogP contribution in [0, 0.1) is 0 Å². The first-order chi connectivity index (χ1) is 12.1. The molecule has 1 N–H and O–H groups in total. The third-order valence-electron chi connectivity index (χ3n) is 4.95. The second kappa shape index (κ2) is 9.75. The molecule has 1 heterocycles. The molecule has 0 radical (unpaired) electrons. The van der Waals surface area contributed by atoms with Crippen LogP contribution in [0.1, 0.15) is 19.4 Å². The van der Waals surface area contributed by atoms with Crippen molar-refractivity contribution in [3.8, 4) is 5.75 Å². The molecule has 0 saturated carbocycles. The summed E-state index contributed by atoms with van der Waals surface area (Å²) in [6.45, 7) is 9.13. The van der Waals surface area contributed by atoms with Crippen LogP contribution < -0.4 is 10.1 Å². The summed E-state index contributed by atoms with van der Waals surface area (Å²) in [5.74, 6) is 0.860. The summed E-state index contributed by atoms with van der Waals surface area (Å²) in [6.07, 6.45) is 0. The van der Waals surface area contributed by atoms with E-state index in [4.69, 9.17) is 9.47 Å². The molecule has 1 aromatic carbocycles. The fourth-order valence-corrected chi connectivity index (χ4v) is 3.26. The molecule has 0 bridgehead atoms. The minimum absolute atomic E-state index is 0.0587. The lowest BCUT2D eigenvalue weighted by atomic mass is 10.1. The van der Waals surface area contributed by atoms with E-state index in [-0.39, 0.29) is 11.9 Å². The van der Waals surface area contributed by atoms with E-state index in [1.165, 1.54) is 0 Å². The standard InChI is InChI=1S/C19H31N3O3/c1-15-14-22(10-9-21(15)11-12-24-3)16(2)19(23)20-13-17-7-5-6-8-18(17)25-4/h5-8,15-16H,9-14H2,1-4H3,(H,20,23)/t15-,16-/m0/s1. The van der Waals surface area contributed by atoms with E-state index in [1.807, 2.05) is 31.2 Å². The molecule has 0 aromatic heterocycles. The van der Waals surface area contributed by atoms with Gasteiger partial charge in [0.1, 0.15) is 5.75 Å². The third-order valence-corrected chi connectivity index (χ3v) is 4.95. The predicted octanol–water partition coefficient (Wildman–Crippen LogP) is 1.35. The number of methoxy groups -OCH3 is 2. The van der Waals surface area contributed by atoms with Gasteiger partial charge in [0, 0.05) is 51.4 Å². The minimum Gasteiger partial charge on any atom is -0.496 e. The van der Waals surface area contributed by atoms with E-state index in [2.05, 4.69) is 22.0 Å². The number of carbonyl (C=O) groups is 1. The van der Waals surface area contributed by atoms with Gasteiger partial charge in [-0.25, -0.2) is 0 Å². The van der Waals surface area contributed by atoms with Gasteiger partial charge in [0.05, 0.1) is 19.8 Å². The number of hydrogen-bond acceptors (Lipinski definition) is 5. The highest BCUT2D eigenvalue weighted by Gasteiger charge is 2.29. The molecular weight excluding hydrogens is 318 g/mol. The van der Waals surface area contributed by atoms with Gasteiger partial charge in [-0.05, 0) is 19.9 Å². The Morgan fingerprint density at radius 3 is 2.76 bits per heavy atom. The number of hydrogen-bond donors (Lipinski definition) is 1. The molecule has 1 aliphatic heterocycles. The topological polar surface area (TPSA) is 54.0 Å². The van der Waals surface area contributed by atoms with Crippen LogP contribution in [0.4, 0.5) is 0 Å². The van der Waals surface area contributed by atoms with Crippen LogP contribution in [-0.4, -0.2) is 74.8 Å². The van der Waals surface area contributed by atoms with E-state index in [0.29, 0.717) is 12.6 Å². The van der Waals surface area contributed by atoms with E-state index < -0.39 is 0 Å². The van der Waals surface area contributed by atoms with Gasteiger partial charge < -0.3 is 14.8 Å². The molecule has 2 atom stereocenters. The first kappa shape index (κ1) is 19.7. The van der Waals surface area contributed by atoms with Crippen LogP contribution in [0.2, 0.25) is 0 Å². The van der Waals surface area contributed by atoms with Crippen LogP contribution in [0.15, 0.2) is 24.3 Å². The number of nitrogens with zero attached hydrogens (tertiary/aromatic N) is 2. The van der Waals surface area contributed by atoms with Crippen LogP contribution >= 0.6 is 0 Å². The highest BCUT2D eigenvalue weighted by atomic mass is 16.5. The van der Waals surface area contributed by atoms with Gasteiger partial charge in [-0.3, -0.25) is 14.6 Å². The van der Waals surface area contributed by atoms with Crippen molar-refractivity contribution in [2.45, 2.75) is 32.5 Å². The largest absolute Gasteiger partial charge is 0.496 e. The molecule has 25 heavy (non-hydrogen) atoms. The van der Waals surface area contributed by atoms with Gasteiger partial charge in [-0.1, -0.05) is 18.2 Å². The van der Waals surface area contributed by atoms with E-state index >= 15 is 0 Å². The number of amides is 1. The molecular formula is C19H31N3O3. The Balaban J connectivity index is 1.84. The van der Waals surface area contributed by atoms with Crippen molar-refractivity contribution >= 4 is 5.91 Å². The van der Waals surface area contributed by atoms with Crippen LogP contribution in [0.3, 0.4) is 0 Å². The Morgan fingerprint density at radius 1 is 1.32 bits per heavy atom. The smallest absolute Gasteiger partial charge is 0.237 e. The molecule has 140 valence electrons. The van der Waals surface area contributed by atoms with Crippen molar-refractivity contribution in [2.24, 2.45) is 0 Å². The summed E-state index contributed by atoms with van der Waals surface area (Å²) in [7, 11) is 3.38. The van der Waals surface area contributed by atoms with Gasteiger partial charge in [0.15, 0.2) is 0 Å². The van der Waals surface area contributed by atoms with Gasteiger partial charge >= 0.3 is 0 Å². The molecule has 0 unspecified atom stereocenters. The van der Waals surface area contributed by atoms with Crippen molar-refractivity contribution in [3.63, 3.8) is 0 Å². The Labute approximate surface area is 151 Å². The highest BCUT2D eigenvalue weighted by Crippen LogP contribution is 2.17. The second-order valence-corrected chi connectivity index (χ2v) is 6.58. The number of nitrogens with one attached hydrogen (secondary N) is 1. The molecule has 1 amide bonds. The maximum atomic E-state index is 12.5. The molecule has 1 saturated heterocycles. The number of benzene rings is 1. The summed E-state index contributed by atoms with van der Waals surface area (Å²) in [5, 5.41) is 3.04. The summed E-state index contributed by atoms with van der Waals surface area (Å²) in [4.78, 5) is 17.2. The average Bonchev–Trinajstić information content (AvgIpc) is 2.64.